The number of thioether (sulfide) groups is 1. The molecule has 0 bridgehead atoms. The van der Waals surface area contributed by atoms with Crippen LogP contribution < -0.4 is 4.74 Å². The molecule has 2 aliphatic heterocycles. The van der Waals surface area contributed by atoms with E-state index in [4.69, 9.17) is 9.47 Å². The van der Waals surface area contributed by atoms with Crippen molar-refractivity contribution in [1.29, 1.82) is 0 Å². The molecular weight excluding hydrogens is 480 g/mol. The van der Waals surface area contributed by atoms with Gasteiger partial charge in [-0.3, -0.25) is 19.3 Å². The summed E-state index contributed by atoms with van der Waals surface area (Å²) in [5.74, 6) is -0.863. The molecule has 0 aliphatic carbocycles. The van der Waals surface area contributed by atoms with Crippen LogP contribution in [0.5, 0.6) is 5.75 Å². The summed E-state index contributed by atoms with van der Waals surface area (Å²) >= 11 is 4.14. The fraction of sp³-hybridized carbons (Fsp3) is 0.368. The van der Waals surface area contributed by atoms with Crippen LogP contribution in [0.4, 0.5) is 4.79 Å². The Labute approximate surface area is 185 Å². The van der Waals surface area contributed by atoms with Gasteiger partial charge in [0.05, 0.1) is 29.7 Å². The molecule has 0 aromatic heterocycles. The van der Waals surface area contributed by atoms with Gasteiger partial charge >= 0.3 is 5.97 Å². The Bertz CT molecular complexity index is 899. The molecule has 2 saturated heterocycles. The van der Waals surface area contributed by atoms with Crippen molar-refractivity contribution < 1.29 is 33.4 Å². The molecule has 11 heteroatoms. The topological polar surface area (TPSA) is 102 Å². The lowest BCUT2D eigenvalue weighted by Crippen LogP contribution is -2.46. The lowest BCUT2D eigenvalue weighted by molar-refractivity contribution is -0.143. The molecule has 0 unspecified atom stereocenters. The maximum absolute atomic E-state index is 12.6. The Balaban J connectivity index is 1.66. The number of methoxy groups -OCH3 is 1. The Morgan fingerprint density at radius 1 is 1.27 bits per heavy atom. The number of hydrogen-bond acceptors (Lipinski definition) is 8. The van der Waals surface area contributed by atoms with E-state index >= 15 is 0 Å². The van der Waals surface area contributed by atoms with E-state index in [1.165, 1.54) is 7.11 Å². The molecule has 0 N–H and O–H groups in total. The standard InChI is InChI=1S/C19H19BrN2O7S/c1-27-17(24)11-29-14-3-2-12(8-13(14)20)9-15-18(25)22(19(26)30-15)10-16(23)21-4-6-28-7-5-21/h2-3,8-9H,4-7,10-11H2,1H3/b15-9-. The number of morpholine rings is 1. The maximum atomic E-state index is 12.6. The fourth-order valence-corrected chi connectivity index (χ4v) is 4.10. The molecule has 0 atom stereocenters. The third-order valence-corrected chi connectivity index (χ3v) is 5.88. The van der Waals surface area contributed by atoms with E-state index in [9.17, 15) is 19.2 Å². The van der Waals surface area contributed by atoms with Crippen LogP contribution in [0.3, 0.4) is 0 Å². The summed E-state index contributed by atoms with van der Waals surface area (Å²) in [5, 5.41) is -0.482. The van der Waals surface area contributed by atoms with Crippen molar-refractivity contribution in [2.45, 2.75) is 0 Å². The lowest BCUT2D eigenvalue weighted by Gasteiger charge is -2.28. The van der Waals surface area contributed by atoms with Crippen LogP contribution in [0.15, 0.2) is 27.6 Å². The van der Waals surface area contributed by atoms with E-state index < -0.39 is 17.1 Å². The molecule has 0 radical (unpaired) electrons. The predicted octanol–water partition coefficient (Wildman–Crippen LogP) is 1.90. The summed E-state index contributed by atoms with van der Waals surface area (Å²) in [6.07, 6.45) is 1.57. The van der Waals surface area contributed by atoms with Gasteiger partial charge in [-0.25, -0.2) is 4.79 Å². The van der Waals surface area contributed by atoms with E-state index in [-0.39, 0.29) is 24.0 Å². The molecule has 3 amide bonds. The summed E-state index contributed by atoms with van der Waals surface area (Å²) in [7, 11) is 1.27. The number of amides is 3. The van der Waals surface area contributed by atoms with Gasteiger partial charge in [0, 0.05) is 13.1 Å². The molecule has 30 heavy (non-hydrogen) atoms. The van der Waals surface area contributed by atoms with Gasteiger partial charge < -0.3 is 19.1 Å². The quantitative estimate of drug-likeness (QED) is 0.432. The summed E-state index contributed by atoms with van der Waals surface area (Å²) in [6, 6.07) is 5.01. The molecule has 0 saturated carbocycles. The van der Waals surface area contributed by atoms with Gasteiger partial charge in [-0.2, -0.15) is 0 Å². The van der Waals surface area contributed by atoms with Crippen molar-refractivity contribution in [2.24, 2.45) is 0 Å². The highest BCUT2D eigenvalue weighted by molar-refractivity contribution is 9.10. The van der Waals surface area contributed by atoms with Crippen molar-refractivity contribution in [2.75, 3.05) is 46.6 Å². The van der Waals surface area contributed by atoms with E-state index in [1.807, 2.05) is 0 Å². The summed E-state index contributed by atoms with van der Waals surface area (Å²) in [5.41, 5.74) is 0.650. The molecule has 160 valence electrons. The van der Waals surface area contributed by atoms with Gasteiger partial charge in [-0.05, 0) is 51.5 Å². The lowest BCUT2D eigenvalue weighted by atomic mass is 10.2. The molecule has 0 spiro atoms. The molecule has 1 aromatic carbocycles. The monoisotopic (exact) mass is 498 g/mol. The van der Waals surface area contributed by atoms with Gasteiger partial charge in [0.1, 0.15) is 12.3 Å². The number of ether oxygens (including phenoxy) is 3. The average Bonchev–Trinajstić information content (AvgIpc) is 3.00. The third-order valence-electron chi connectivity index (χ3n) is 4.36. The van der Waals surface area contributed by atoms with Crippen LogP contribution in [0.25, 0.3) is 6.08 Å². The first kappa shape index (κ1) is 22.3. The highest BCUT2D eigenvalue weighted by atomic mass is 79.9. The second-order valence-corrected chi connectivity index (χ2v) is 8.16. The normalized spacial score (nSPS) is 18.1. The number of nitrogens with zero attached hydrogens (tertiary/aromatic N) is 2. The van der Waals surface area contributed by atoms with Gasteiger partial charge in [0.15, 0.2) is 6.61 Å². The highest BCUT2D eigenvalue weighted by Gasteiger charge is 2.37. The van der Waals surface area contributed by atoms with Gasteiger partial charge in [0.25, 0.3) is 11.1 Å². The zero-order chi connectivity index (χ0) is 21.7. The maximum Gasteiger partial charge on any atom is 0.343 e. The van der Waals surface area contributed by atoms with Crippen LogP contribution >= 0.6 is 27.7 Å². The number of rotatable bonds is 6. The minimum atomic E-state index is -0.508. The first-order valence-electron chi connectivity index (χ1n) is 8.99. The van der Waals surface area contributed by atoms with Crippen molar-refractivity contribution in [3.8, 4) is 5.75 Å². The van der Waals surface area contributed by atoms with Crippen LogP contribution in [-0.2, 0) is 23.9 Å². The number of halogens is 1. The number of carbonyl (C=O) groups is 4. The van der Waals surface area contributed by atoms with Crippen molar-refractivity contribution in [3.05, 3.63) is 33.1 Å². The first-order valence-corrected chi connectivity index (χ1v) is 10.6. The van der Waals surface area contributed by atoms with Crippen LogP contribution in [0, 0.1) is 0 Å². The summed E-state index contributed by atoms with van der Waals surface area (Å²) in [6.45, 7) is 1.27. The average molecular weight is 499 g/mol. The Hall–Kier alpha value is -2.37. The minimum absolute atomic E-state index is 0.227. The molecule has 2 aliphatic rings. The van der Waals surface area contributed by atoms with E-state index in [1.54, 1.807) is 29.2 Å². The van der Waals surface area contributed by atoms with Crippen molar-refractivity contribution in [3.63, 3.8) is 0 Å². The second kappa shape index (κ2) is 10.1. The number of carbonyl (C=O) groups excluding carboxylic acids is 4. The van der Waals surface area contributed by atoms with Crippen LogP contribution in [-0.4, -0.2) is 79.4 Å². The number of benzene rings is 1. The van der Waals surface area contributed by atoms with E-state index in [0.29, 0.717) is 42.1 Å². The summed E-state index contributed by atoms with van der Waals surface area (Å²) < 4.78 is 15.6. The van der Waals surface area contributed by atoms with Gasteiger partial charge in [-0.15, -0.1) is 0 Å². The summed E-state index contributed by atoms with van der Waals surface area (Å²) in [4.78, 5) is 51.2. The number of imide groups is 1. The van der Waals surface area contributed by atoms with Crippen LogP contribution in [0.1, 0.15) is 5.56 Å². The second-order valence-electron chi connectivity index (χ2n) is 6.32. The third kappa shape index (κ3) is 5.41. The van der Waals surface area contributed by atoms with Gasteiger partial charge in [-0.1, -0.05) is 6.07 Å². The number of hydrogen-bond donors (Lipinski definition) is 0. The van der Waals surface area contributed by atoms with Crippen LogP contribution in [0.2, 0.25) is 0 Å². The Morgan fingerprint density at radius 2 is 2.00 bits per heavy atom. The van der Waals surface area contributed by atoms with Gasteiger partial charge in [0.2, 0.25) is 5.91 Å². The predicted molar refractivity (Wildman–Crippen MR) is 112 cm³/mol. The molecule has 2 fully saturated rings. The molecule has 1 aromatic rings. The molecule has 3 rings (SSSR count). The van der Waals surface area contributed by atoms with E-state index in [2.05, 4.69) is 20.7 Å². The van der Waals surface area contributed by atoms with Crippen molar-refractivity contribution >= 4 is 56.8 Å². The smallest absolute Gasteiger partial charge is 0.343 e. The number of esters is 1. The minimum Gasteiger partial charge on any atom is -0.481 e. The molecule has 9 nitrogen and oxygen atoms in total. The Morgan fingerprint density at radius 3 is 2.67 bits per heavy atom. The largest absolute Gasteiger partial charge is 0.481 e. The highest BCUT2D eigenvalue weighted by Crippen LogP contribution is 2.34. The fourth-order valence-electron chi connectivity index (χ4n) is 2.76. The first-order chi connectivity index (χ1) is 14.4. The molecule has 2 heterocycles. The zero-order valence-corrected chi connectivity index (χ0v) is 18.5. The Kier molecular flexibility index (Phi) is 7.51. The SMILES string of the molecule is COC(=O)COc1ccc(/C=C2\SC(=O)N(CC(=O)N3CCOCC3)C2=O)cc1Br. The molecular formula is C19H19BrN2O7S. The van der Waals surface area contributed by atoms with E-state index in [0.717, 1.165) is 16.7 Å². The van der Waals surface area contributed by atoms with Crippen molar-refractivity contribution in [1.82, 2.24) is 9.80 Å². The zero-order valence-electron chi connectivity index (χ0n) is 16.1.